The summed E-state index contributed by atoms with van der Waals surface area (Å²) >= 11 is 0. The topological polar surface area (TPSA) is 38.5 Å². The Bertz CT molecular complexity index is 378. The number of benzene rings is 1. The predicted octanol–water partition coefficient (Wildman–Crippen LogP) is 2.51. The van der Waals surface area contributed by atoms with Gasteiger partial charge in [0, 0.05) is 13.1 Å². The van der Waals surface area contributed by atoms with E-state index in [0.29, 0.717) is 0 Å². The van der Waals surface area contributed by atoms with Crippen LogP contribution in [0.25, 0.3) is 0 Å². The van der Waals surface area contributed by atoms with Crippen molar-refractivity contribution in [2.75, 3.05) is 25.9 Å². The molecule has 1 unspecified atom stereocenters. The summed E-state index contributed by atoms with van der Waals surface area (Å²) in [6, 6.07) is 6.09. The van der Waals surface area contributed by atoms with E-state index in [1.165, 1.54) is 31.5 Å². The molecule has 1 aromatic rings. The van der Waals surface area contributed by atoms with Gasteiger partial charge in [-0.1, -0.05) is 19.4 Å². The van der Waals surface area contributed by atoms with Crippen LogP contribution in [0.4, 0.5) is 5.69 Å². The molecule has 3 heteroatoms. The molecule has 0 spiro atoms. The first-order valence-electron chi connectivity index (χ1n) is 6.37. The van der Waals surface area contributed by atoms with E-state index in [1.807, 2.05) is 12.1 Å². The zero-order valence-electron chi connectivity index (χ0n) is 10.8. The zero-order chi connectivity index (χ0) is 12.3. The first kappa shape index (κ1) is 12.2. The van der Waals surface area contributed by atoms with E-state index in [1.54, 1.807) is 7.11 Å². The Kier molecular flexibility index (Phi) is 3.89. The fraction of sp³-hybridized carbons (Fsp3) is 0.571. The van der Waals surface area contributed by atoms with Gasteiger partial charge in [0.25, 0.3) is 0 Å². The van der Waals surface area contributed by atoms with Crippen LogP contribution >= 0.6 is 0 Å². The number of hydrogen-bond donors (Lipinski definition) is 1. The molecule has 17 heavy (non-hydrogen) atoms. The highest BCUT2D eigenvalue weighted by molar-refractivity contribution is 5.54. The molecule has 94 valence electrons. The lowest BCUT2D eigenvalue weighted by Gasteiger charge is -2.16. The maximum absolute atomic E-state index is 5.92. The lowest BCUT2D eigenvalue weighted by atomic mass is 10.1. The molecule has 3 nitrogen and oxygen atoms in total. The molecule has 1 atom stereocenters. The number of methoxy groups -OCH3 is 1. The number of nitrogens with zero attached hydrogens (tertiary/aromatic N) is 1. The van der Waals surface area contributed by atoms with Crippen molar-refractivity contribution in [1.29, 1.82) is 0 Å². The largest absolute Gasteiger partial charge is 0.495 e. The number of rotatable bonds is 4. The van der Waals surface area contributed by atoms with E-state index in [0.717, 1.165) is 23.9 Å². The van der Waals surface area contributed by atoms with Crippen LogP contribution in [0.15, 0.2) is 18.2 Å². The highest BCUT2D eigenvalue weighted by Crippen LogP contribution is 2.25. The van der Waals surface area contributed by atoms with E-state index in [2.05, 4.69) is 17.9 Å². The monoisotopic (exact) mass is 234 g/mol. The van der Waals surface area contributed by atoms with Crippen molar-refractivity contribution < 1.29 is 4.74 Å². The molecule has 1 fully saturated rings. The van der Waals surface area contributed by atoms with Crippen LogP contribution in [0.3, 0.4) is 0 Å². The maximum Gasteiger partial charge on any atom is 0.141 e. The number of anilines is 1. The second-order valence-corrected chi connectivity index (χ2v) is 4.87. The van der Waals surface area contributed by atoms with E-state index in [4.69, 9.17) is 10.5 Å². The van der Waals surface area contributed by atoms with Gasteiger partial charge in [-0.3, -0.25) is 4.90 Å². The van der Waals surface area contributed by atoms with Gasteiger partial charge in [-0.05, 0) is 36.6 Å². The minimum atomic E-state index is 0.733. The molecular formula is C14H22N2O. The lowest BCUT2D eigenvalue weighted by molar-refractivity contribution is 0.315. The average Bonchev–Trinajstić information content (AvgIpc) is 2.77. The standard InChI is InChI=1S/C14H22N2O/c1-3-11-6-7-16(9-11)10-12-4-5-14(17-2)13(15)8-12/h4-5,8,11H,3,6-7,9-10,15H2,1-2H3. The number of hydrogen-bond acceptors (Lipinski definition) is 3. The van der Waals surface area contributed by atoms with Gasteiger partial charge in [0.1, 0.15) is 5.75 Å². The van der Waals surface area contributed by atoms with Crippen LogP contribution in [0.1, 0.15) is 25.3 Å². The quantitative estimate of drug-likeness (QED) is 0.814. The van der Waals surface area contributed by atoms with Crippen LogP contribution < -0.4 is 10.5 Å². The Labute approximate surface area is 104 Å². The zero-order valence-corrected chi connectivity index (χ0v) is 10.8. The molecule has 1 saturated heterocycles. The molecule has 0 radical (unpaired) electrons. The minimum absolute atomic E-state index is 0.733. The summed E-state index contributed by atoms with van der Waals surface area (Å²) in [7, 11) is 1.65. The second-order valence-electron chi connectivity index (χ2n) is 4.87. The van der Waals surface area contributed by atoms with E-state index in [9.17, 15) is 0 Å². The molecular weight excluding hydrogens is 212 g/mol. The smallest absolute Gasteiger partial charge is 0.141 e. The molecule has 1 aliphatic heterocycles. The predicted molar refractivity (Wildman–Crippen MR) is 71.1 cm³/mol. The summed E-state index contributed by atoms with van der Waals surface area (Å²) < 4.78 is 5.17. The highest BCUT2D eigenvalue weighted by Gasteiger charge is 2.20. The van der Waals surface area contributed by atoms with Crippen molar-refractivity contribution in [3.63, 3.8) is 0 Å². The number of ether oxygens (including phenoxy) is 1. The van der Waals surface area contributed by atoms with E-state index >= 15 is 0 Å². The summed E-state index contributed by atoms with van der Waals surface area (Å²) in [5.74, 6) is 1.65. The fourth-order valence-electron chi connectivity index (χ4n) is 2.53. The summed E-state index contributed by atoms with van der Waals surface area (Å²) in [4.78, 5) is 2.51. The van der Waals surface area contributed by atoms with Crippen molar-refractivity contribution in [1.82, 2.24) is 4.90 Å². The summed E-state index contributed by atoms with van der Waals surface area (Å²) in [5.41, 5.74) is 7.93. The van der Waals surface area contributed by atoms with Crippen molar-refractivity contribution in [2.24, 2.45) is 5.92 Å². The van der Waals surface area contributed by atoms with Crippen molar-refractivity contribution in [2.45, 2.75) is 26.3 Å². The van der Waals surface area contributed by atoms with Crippen LogP contribution in [-0.2, 0) is 6.54 Å². The van der Waals surface area contributed by atoms with Crippen molar-refractivity contribution >= 4 is 5.69 Å². The fourth-order valence-corrected chi connectivity index (χ4v) is 2.53. The van der Waals surface area contributed by atoms with Crippen LogP contribution in [0.2, 0.25) is 0 Å². The van der Waals surface area contributed by atoms with Gasteiger partial charge in [-0.15, -0.1) is 0 Å². The number of likely N-dealkylation sites (tertiary alicyclic amines) is 1. The molecule has 0 saturated carbocycles. The lowest BCUT2D eigenvalue weighted by Crippen LogP contribution is -2.20. The minimum Gasteiger partial charge on any atom is -0.495 e. The first-order chi connectivity index (χ1) is 8.22. The Morgan fingerprint density at radius 3 is 2.88 bits per heavy atom. The van der Waals surface area contributed by atoms with E-state index in [-0.39, 0.29) is 0 Å². The van der Waals surface area contributed by atoms with E-state index < -0.39 is 0 Å². The molecule has 1 heterocycles. The molecule has 1 aromatic carbocycles. The number of nitrogen functional groups attached to an aromatic ring is 1. The van der Waals surface area contributed by atoms with Gasteiger partial charge in [0.2, 0.25) is 0 Å². The molecule has 2 N–H and O–H groups in total. The van der Waals surface area contributed by atoms with Gasteiger partial charge in [0.15, 0.2) is 0 Å². The molecule has 0 aromatic heterocycles. The Morgan fingerprint density at radius 2 is 2.29 bits per heavy atom. The Morgan fingerprint density at radius 1 is 1.47 bits per heavy atom. The van der Waals surface area contributed by atoms with Gasteiger partial charge in [0.05, 0.1) is 12.8 Å². The third kappa shape index (κ3) is 2.91. The average molecular weight is 234 g/mol. The summed E-state index contributed by atoms with van der Waals surface area (Å²) in [5, 5.41) is 0. The molecule has 2 rings (SSSR count). The summed E-state index contributed by atoms with van der Waals surface area (Å²) in [6.45, 7) is 5.72. The van der Waals surface area contributed by atoms with Crippen LogP contribution in [0.5, 0.6) is 5.75 Å². The molecule has 0 bridgehead atoms. The van der Waals surface area contributed by atoms with Gasteiger partial charge < -0.3 is 10.5 Å². The second kappa shape index (κ2) is 5.41. The van der Waals surface area contributed by atoms with Gasteiger partial charge in [-0.25, -0.2) is 0 Å². The molecule has 0 amide bonds. The van der Waals surface area contributed by atoms with Gasteiger partial charge in [-0.2, -0.15) is 0 Å². The SMILES string of the molecule is CCC1CCN(Cc2ccc(OC)c(N)c2)C1. The van der Waals surface area contributed by atoms with Crippen molar-refractivity contribution in [3.05, 3.63) is 23.8 Å². The first-order valence-corrected chi connectivity index (χ1v) is 6.37. The van der Waals surface area contributed by atoms with Gasteiger partial charge >= 0.3 is 0 Å². The summed E-state index contributed by atoms with van der Waals surface area (Å²) in [6.07, 6.45) is 2.63. The maximum atomic E-state index is 5.92. The molecule has 0 aliphatic carbocycles. The third-order valence-corrected chi connectivity index (χ3v) is 3.65. The Balaban J connectivity index is 1.97. The normalized spacial score (nSPS) is 20.7. The number of nitrogens with two attached hydrogens (primary N) is 1. The highest BCUT2D eigenvalue weighted by atomic mass is 16.5. The van der Waals surface area contributed by atoms with Crippen LogP contribution in [0, 0.1) is 5.92 Å². The Hall–Kier alpha value is -1.22. The third-order valence-electron chi connectivity index (χ3n) is 3.65. The van der Waals surface area contributed by atoms with Crippen LogP contribution in [-0.4, -0.2) is 25.1 Å². The molecule has 1 aliphatic rings. The van der Waals surface area contributed by atoms with Crippen molar-refractivity contribution in [3.8, 4) is 5.75 Å².